The molecule has 0 radical (unpaired) electrons. The predicted octanol–water partition coefficient (Wildman–Crippen LogP) is 1.27. The Kier molecular flexibility index (Phi) is 3.31. The summed E-state index contributed by atoms with van der Waals surface area (Å²) in [5.74, 6) is 0. The van der Waals surface area contributed by atoms with Gasteiger partial charge in [-0.2, -0.15) is 0 Å². The number of nitrogens with one attached hydrogen (secondary N) is 1. The van der Waals surface area contributed by atoms with Crippen LogP contribution in [-0.4, -0.2) is 45.4 Å². The first-order valence-corrected chi connectivity index (χ1v) is 6.80. The number of nitrogens with zero attached hydrogens (tertiary/aromatic N) is 1. The van der Waals surface area contributed by atoms with Gasteiger partial charge in [0.2, 0.25) is 0 Å². The molecule has 2 heterocycles. The summed E-state index contributed by atoms with van der Waals surface area (Å²) in [5.41, 5.74) is 3.83. The molecule has 0 saturated heterocycles. The van der Waals surface area contributed by atoms with E-state index in [1.807, 2.05) is 6.07 Å². The van der Waals surface area contributed by atoms with Gasteiger partial charge in [0, 0.05) is 35.7 Å². The summed E-state index contributed by atoms with van der Waals surface area (Å²) in [7, 11) is 0. The molecule has 0 spiro atoms. The van der Waals surface area contributed by atoms with Crippen LogP contribution in [0.1, 0.15) is 18.2 Å². The maximum absolute atomic E-state index is 9.61. The third-order valence-corrected chi connectivity index (χ3v) is 4.04. The van der Waals surface area contributed by atoms with Crippen molar-refractivity contribution in [3.63, 3.8) is 0 Å². The molecule has 0 saturated carbocycles. The highest BCUT2D eigenvalue weighted by Gasteiger charge is 2.26. The Morgan fingerprint density at radius 3 is 3.00 bits per heavy atom. The molecular weight excluding hydrogens is 240 g/mol. The molecule has 4 heteroatoms. The molecule has 0 amide bonds. The Hall–Kier alpha value is -1.36. The van der Waals surface area contributed by atoms with Gasteiger partial charge in [-0.1, -0.05) is 18.2 Å². The maximum atomic E-state index is 9.61. The van der Waals surface area contributed by atoms with E-state index in [1.54, 1.807) is 0 Å². The van der Waals surface area contributed by atoms with Crippen LogP contribution < -0.4 is 0 Å². The number of fused-ring (bicyclic) bond motifs is 3. The van der Waals surface area contributed by atoms with Crippen molar-refractivity contribution in [1.82, 2.24) is 9.88 Å². The van der Waals surface area contributed by atoms with Gasteiger partial charge in [-0.05, 0) is 25.0 Å². The first kappa shape index (κ1) is 12.7. The van der Waals surface area contributed by atoms with E-state index in [2.05, 4.69) is 35.0 Å². The standard InChI is InChI=1S/C15H20N2O2/c1-10-6-13-12-4-2-3-5-14(12)16-15(13)8-17(10)7-11(19)9-18/h2-5,10-11,16,18-19H,6-9H2,1H3/t10-,11-/m1/s1. The Morgan fingerprint density at radius 2 is 2.21 bits per heavy atom. The lowest BCUT2D eigenvalue weighted by molar-refractivity contribution is 0.0402. The van der Waals surface area contributed by atoms with E-state index in [4.69, 9.17) is 5.11 Å². The molecule has 1 aromatic carbocycles. The van der Waals surface area contributed by atoms with Crippen molar-refractivity contribution in [3.8, 4) is 0 Å². The zero-order valence-electron chi connectivity index (χ0n) is 11.1. The number of H-pyrrole nitrogens is 1. The van der Waals surface area contributed by atoms with Crippen LogP contribution in [0.2, 0.25) is 0 Å². The molecule has 1 aromatic heterocycles. The molecule has 0 fully saturated rings. The predicted molar refractivity (Wildman–Crippen MR) is 75.0 cm³/mol. The second-order valence-electron chi connectivity index (χ2n) is 5.45. The molecule has 2 aromatic rings. The van der Waals surface area contributed by atoms with E-state index in [0.717, 1.165) is 13.0 Å². The van der Waals surface area contributed by atoms with Crippen LogP contribution in [-0.2, 0) is 13.0 Å². The highest BCUT2D eigenvalue weighted by Crippen LogP contribution is 2.29. The van der Waals surface area contributed by atoms with Gasteiger partial charge in [-0.25, -0.2) is 0 Å². The summed E-state index contributed by atoms with van der Waals surface area (Å²) in [5, 5.41) is 19.9. The topological polar surface area (TPSA) is 59.5 Å². The molecule has 2 atom stereocenters. The monoisotopic (exact) mass is 260 g/mol. The largest absolute Gasteiger partial charge is 0.394 e. The second kappa shape index (κ2) is 4.96. The third-order valence-electron chi connectivity index (χ3n) is 4.04. The van der Waals surface area contributed by atoms with Crippen molar-refractivity contribution in [3.05, 3.63) is 35.5 Å². The molecule has 1 aliphatic heterocycles. The Balaban J connectivity index is 1.90. The minimum absolute atomic E-state index is 0.178. The number of para-hydroxylation sites is 1. The lowest BCUT2D eigenvalue weighted by Crippen LogP contribution is -2.43. The Bertz CT molecular complexity index is 579. The fourth-order valence-electron chi connectivity index (χ4n) is 2.98. The first-order valence-electron chi connectivity index (χ1n) is 6.80. The van der Waals surface area contributed by atoms with E-state index >= 15 is 0 Å². The Labute approximate surface area is 112 Å². The number of benzene rings is 1. The minimum Gasteiger partial charge on any atom is -0.394 e. The zero-order chi connectivity index (χ0) is 13.4. The minimum atomic E-state index is -0.659. The van der Waals surface area contributed by atoms with Crippen molar-refractivity contribution in [2.24, 2.45) is 0 Å². The van der Waals surface area contributed by atoms with Gasteiger partial charge in [-0.15, -0.1) is 0 Å². The fraction of sp³-hybridized carbons (Fsp3) is 0.467. The number of aliphatic hydroxyl groups is 2. The maximum Gasteiger partial charge on any atom is 0.0897 e. The number of aromatic nitrogens is 1. The van der Waals surface area contributed by atoms with Gasteiger partial charge in [0.15, 0.2) is 0 Å². The average molecular weight is 260 g/mol. The molecule has 3 rings (SSSR count). The van der Waals surface area contributed by atoms with Gasteiger partial charge in [0.1, 0.15) is 0 Å². The van der Waals surface area contributed by atoms with Gasteiger partial charge >= 0.3 is 0 Å². The molecule has 1 aliphatic rings. The van der Waals surface area contributed by atoms with Crippen molar-refractivity contribution < 1.29 is 10.2 Å². The van der Waals surface area contributed by atoms with Gasteiger partial charge in [-0.3, -0.25) is 4.90 Å². The van der Waals surface area contributed by atoms with E-state index in [-0.39, 0.29) is 6.61 Å². The molecular formula is C15H20N2O2. The molecule has 0 bridgehead atoms. The van der Waals surface area contributed by atoms with E-state index in [1.165, 1.54) is 22.2 Å². The van der Waals surface area contributed by atoms with Gasteiger partial charge < -0.3 is 15.2 Å². The lowest BCUT2D eigenvalue weighted by atomic mass is 9.97. The van der Waals surface area contributed by atoms with E-state index in [0.29, 0.717) is 12.6 Å². The average Bonchev–Trinajstić information content (AvgIpc) is 2.77. The van der Waals surface area contributed by atoms with Crippen LogP contribution in [0.25, 0.3) is 10.9 Å². The summed E-state index contributed by atoms with van der Waals surface area (Å²) >= 11 is 0. The van der Waals surface area contributed by atoms with Crippen LogP contribution >= 0.6 is 0 Å². The van der Waals surface area contributed by atoms with Crippen molar-refractivity contribution in [1.29, 1.82) is 0 Å². The SMILES string of the molecule is C[C@@H]1Cc2c([nH]c3ccccc23)CN1C[C@@H](O)CO. The molecule has 19 heavy (non-hydrogen) atoms. The van der Waals surface area contributed by atoms with E-state index < -0.39 is 6.10 Å². The number of hydrogen-bond acceptors (Lipinski definition) is 3. The summed E-state index contributed by atoms with van der Waals surface area (Å²) in [6, 6.07) is 8.76. The smallest absolute Gasteiger partial charge is 0.0897 e. The number of β-amino-alcohol motifs (C(OH)–C–C–N with tert-alkyl or cyclic N) is 1. The third kappa shape index (κ3) is 2.27. The quantitative estimate of drug-likeness (QED) is 0.779. The second-order valence-corrected chi connectivity index (χ2v) is 5.45. The molecule has 0 aliphatic carbocycles. The lowest BCUT2D eigenvalue weighted by Gasteiger charge is -2.34. The Morgan fingerprint density at radius 1 is 1.42 bits per heavy atom. The van der Waals surface area contributed by atoms with Crippen LogP contribution in [0, 0.1) is 0 Å². The normalized spacial score (nSPS) is 21.5. The molecule has 0 unspecified atom stereocenters. The molecule has 3 N–H and O–H groups in total. The first-order chi connectivity index (χ1) is 9.19. The van der Waals surface area contributed by atoms with Crippen molar-refractivity contribution in [2.75, 3.05) is 13.2 Å². The van der Waals surface area contributed by atoms with Gasteiger partial charge in [0.25, 0.3) is 0 Å². The molecule has 4 nitrogen and oxygen atoms in total. The van der Waals surface area contributed by atoms with Crippen LogP contribution in [0.15, 0.2) is 24.3 Å². The van der Waals surface area contributed by atoms with E-state index in [9.17, 15) is 5.11 Å². The fourth-order valence-corrected chi connectivity index (χ4v) is 2.98. The summed E-state index contributed by atoms with van der Waals surface area (Å²) in [4.78, 5) is 5.69. The number of aromatic amines is 1. The highest BCUT2D eigenvalue weighted by molar-refractivity contribution is 5.84. The highest BCUT2D eigenvalue weighted by atomic mass is 16.3. The summed E-state index contributed by atoms with van der Waals surface area (Å²) < 4.78 is 0. The zero-order valence-corrected chi connectivity index (χ0v) is 11.1. The number of aliphatic hydroxyl groups excluding tert-OH is 2. The van der Waals surface area contributed by atoms with Crippen LogP contribution in [0.4, 0.5) is 0 Å². The van der Waals surface area contributed by atoms with Crippen molar-refractivity contribution >= 4 is 10.9 Å². The summed E-state index contributed by atoms with van der Waals surface area (Å²) in [6.07, 6.45) is 0.325. The van der Waals surface area contributed by atoms with Crippen LogP contribution in [0.5, 0.6) is 0 Å². The van der Waals surface area contributed by atoms with Gasteiger partial charge in [0.05, 0.1) is 12.7 Å². The molecule has 102 valence electrons. The van der Waals surface area contributed by atoms with Crippen molar-refractivity contribution in [2.45, 2.75) is 32.0 Å². The summed E-state index contributed by atoms with van der Waals surface area (Å²) in [6.45, 7) is 3.33. The number of hydrogen-bond donors (Lipinski definition) is 3. The van der Waals surface area contributed by atoms with Crippen LogP contribution in [0.3, 0.4) is 0 Å². The number of rotatable bonds is 3.